The molecule has 0 unspecified atom stereocenters. The summed E-state index contributed by atoms with van der Waals surface area (Å²) in [5.41, 5.74) is -0.822. The third kappa shape index (κ3) is 4.87. The molecule has 1 saturated heterocycles. The van der Waals surface area contributed by atoms with Crippen molar-refractivity contribution in [2.45, 2.75) is 6.18 Å². The first-order valence-electron chi connectivity index (χ1n) is 4.83. The molecule has 0 amide bonds. The average molecular weight is 256 g/mol. The Labute approximate surface area is 96.4 Å². The van der Waals surface area contributed by atoms with Gasteiger partial charge in [-0.1, -0.05) is 11.6 Å². The molecule has 0 saturated carbocycles. The van der Waals surface area contributed by atoms with E-state index < -0.39 is 11.9 Å². The Morgan fingerprint density at radius 2 is 1.50 bits per heavy atom. The first-order chi connectivity index (χ1) is 7.50. The standard InChI is InChI=1S/C5H3ClF3N.C4H10N2/c6-4-2-1-3(10-4)5(7,8)9;1-2-6-4-3-5-1/h1-2,10H;5-6H,1-4H2. The van der Waals surface area contributed by atoms with E-state index in [1.165, 1.54) is 0 Å². The number of hydrogen-bond donors (Lipinski definition) is 3. The molecule has 1 fully saturated rings. The van der Waals surface area contributed by atoms with Crippen molar-refractivity contribution in [3.8, 4) is 0 Å². The van der Waals surface area contributed by atoms with Crippen molar-refractivity contribution in [3.63, 3.8) is 0 Å². The van der Waals surface area contributed by atoms with Crippen LogP contribution < -0.4 is 10.6 Å². The number of alkyl halides is 3. The maximum Gasteiger partial charge on any atom is 0.431 e. The van der Waals surface area contributed by atoms with Crippen LogP contribution in [0.4, 0.5) is 13.2 Å². The van der Waals surface area contributed by atoms with Gasteiger partial charge < -0.3 is 15.6 Å². The molecule has 1 aliphatic rings. The summed E-state index contributed by atoms with van der Waals surface area (Å²) in [6.07, 6.45) is -4.33. The van der Waals surface area contributed by atoms with Crippen LogP contribution in [0.1, 0.15) is 5.69 Å². The summed E-state index contributed by atoms with van der Waals surface area (Å²) < 4.78 is 35.1. The minimum absolute atomic E-state index is 0.00711. The van der Waals surface area contributed by atoms with Crippen molar-refractivity contribution in [2.24, 2.45) is 0 Å². The molecule has 0 aliphatic carbocycles. The van der Waals surface area contributed by atoms with Crippen LogP contribution in [0.25, 0.3) is 0 Å². The molecule has 0 spiro atoms. The van der Waals surface area contributed by atoms with Gasteiger partial charge in [-0.15, -0.1) is 0 Å². The van der Waals surface area contributed by atoms with Crippen LogP contribution in [0.3, 0.4) is 0 Å². The van der Waals surface area contributed by atoms with E-state index in [-0.39, 0.29) is 5.15 Å². The number of rotatable bonds is 0. The second-order valence-electron chi connectivity index (χ2n) is 3.22. The van der Waals surface area contributed by atoms with Crippen LogP contribution in [0.15, 0.2) is 12.1 Å². The first-order valence-corrected chi connectivity index (χ1v) is 5.21. The van der Waals surface area contributed by atoms with Crippen molar-refractivity contribution in [1.82, 2.24) is 15.6 Å². The maximum absolute atomic E-state index is 11.7. The van der Waals surface area contributed by atoms with Crippen molar-refractivity contribution < 1.29 is 13.2 Å². The summed E-state index contributed by atoms with van der Waals surface area (Å²) >= 11 is 5.21. The number of aromatic nitrogens is 1. The van der Waals surface area contributed by atoms with Crippen LogP contribution in [0, 0.1) is 0 Å². The molecule has 2 heterocycles. The molecule has 0 radical (unpaired) electrons. The molecule has 1 aromatic rings. The van der Waals surface area contributed by atoms with Gasteiger partial charge in [-0.05, 0) is 12.1 Å². The van der Waals surface area contributed by atoms with E-state index in [1.807, 2.05) is 4.98 Å². The molecule has 16 heavy (non-hydrogen) atoms. The third-order valence-corrected chi connectivity index (χ3v) is 2.13. The quantitative estimate of drug-likeness (QED) is 0.662. The topological polar surface area (TPSA) is 39.8 Å². The summed E-state index contributed by atoms with van der Waals surface area (Å²) in [4.78, 5) is 1.96. The summed E-state index contributed by atoms with van der Waals surface area (Å²) in [5, 5.41) is 6.44. The van der Waals surface area contributed by atoms with Gasteiger partial charge in [0.1, 0.15) is 10.8 Å². The zero-order valence-corrected chi connectivity index (χ0v) is 9.25. The lowest BCUT2D eigenvalue weighted by Crippen LogP contribution is -2.39. The lowest BCUT2D eigenvalue weighted by atomic mass is 10.4. The Bertz CT molecular complexity index is 296. The van der Waals surface area contributed by atoms with Crippen molar-refractivity contribution >= 4 is 11.6 Å². The van der Waals surface area contributed by atoms with Gasteiger partial charge in [0.15, 0.2) is 0 Å². The molecular weight excluding hydrogens is 243 g/mol. The normalized spacial score (nSPS) is 16.5. The molecule has 1 aromatic heterocycles. The smallest absolute Gasteiger partial charge is 0.342 e. The molecule has 0 bridgehead atoms. The number of hydrogen-bond acceptors (Lipinski definition) is 2. The van der Waals surface area contributed by atoms with E-state index in [4.69, 9.17) is 11.6 Å². The van der Waals surface area contributed by atoms with E-state index in [9.17, 15) is 13.2 Å². The summed E-state index contributed by atoms with van der Waals surface area (Å²) in [7, 11) is 0. The highest BCUT2D eigenvalue weighted by molar-refractivity contribution is 6.29. The summed E-state index contributed by atoms with van der Waals surface area (Å²) in [6, 6.07) is 2.05. The minimum atomic E-state index is -4.33. The minimum Gasteiger partial charge on any atom is -0.342 e. The van der Waals surface area contributed by atoms with Gasteiger partial charge in [0, 0.05) is 26.2 Å². The van der Waals surface area contributed by atoms with Crippen LogP contribution >= 0.6 is 11.6 Å². The zero-order valence-electron chi connectivity index (χ0n) is 8.49. The van der Waals surface area contributed by atoms with E-state index >= 15 is 0 Å². The van der Waals surface area contributed by atoms with E-state index in [2.05, 4.69) is 10.6 Å². The summed E-state index contributed by atoms with van der Waals surface area (Å²) in [5.74, 6) is 0. The van der Waals surface area contributed by atoms with Crippen LogP contribution in [0.2, 0.25) is 5.15 Å². The third-order valence-electron chi connectivity index (χ3n) is 1.91. The van der Waals surface area contributed by atoms with Crippen LogP contribution in [-0.4, -0.2) is 31.2 Å². The van der Waals surface area contributed by atoms with E-state index in [0.717, 1.165) is 38.3 Å². The Hall–Kier alpha value is -0.720. The van der Waals surface area contributed by atoms with Gasteiger partial charge in [0.2, 0.25) is 0 Å². The highest BCUT2D eigenvalue weighted by Crippen LogP contribution is 2.28. The maximum atomic E-state index is 11.7. The molecular formula is C9H13ClF3N3. The fraction of sp³-hybridized carbons (Fsp3) is 0.556. The number of aromatic amines is 1. The molecule has 2 rings (SSSR count). The Morgan fingerprint density at radius 3 is 1.69 bits per heavy atom. The highest BCUT2D eigenvalue weighted by Gasteiger charge is 2.31. The van der Waals surface area contributed by atoms with Gasteiger partial charge in [0.05, 0.1) is 0 Å². The van der Waals surface area contributed by atoms with Crippen molar-refractivity contribution in [1.29, 1.82) is 0 Å². The molecule has 3 N–H and O–H groups in total. The molecule has 7 heteroatoms. The van der Waals surface area contributed by atoms with Gasteiger partial charge in [-0.3, -0.25) is 0 Å². The number of H-pyrrole nitrogens is 1. The van der Waals surface area contributed by atoms with Crippen LogP contribution in [0.5, 0.6) is 0 Å². The highest BCUT2D eigenvalue weighted by atomic mass is 35.5. The predicted molar refractivity (Wildman–Crippen MR) is 56.5 cm³/mol. The Kier molecular flexibility index (Phi) is 5.11. The molecule has 1 aliphatic heterocycles. The fourth-order valence-electron chi connectivity index (χ4n) is 1.14. The lowest BCUT2D eigenvalue weighted by Gasteiger charge is -2.11. The molecule has 92 valence electrons. The molecule has 3 nitrogen and oxygen atoms in total. The molecule has 0 aromatic carbocycles. The monoisotopic (exact) mass is 255 g/mol. The van der Waals surface area contributed by atoms with E-state index in [1.54, 1.807) is 0 Å². The Balaban J connectivity index is 0.000000181. The number of piperazine rings is 1. The zero-order chi connectivity index (χ0) is 12.0. The average Bonchev–Trinajstić information content (AvgIpc) is 2.68. The SMILES string of the molecule is C1CNCCN1.FC(F)(F)c1ccc(Cl)[nH]1. The fourth-order valence-corrected chi connectivity index (χ4v) is 1.30. The number of halogens is 4. The Morgan fingerprint density at radius 1 is 1.00 bits per heavy atom. The summed E-state index contributed by atoms with van der Waals surface area (Å²) in [6.45, 7) is 4.56. The van der Waals surface area contributed by atoms with Crippen LogP contribution in [-0.2, 0) is 6.18 Å². The van der Waals surface area contributed by atoms with Crippen molar-refractivity contribution in [2.75, 3.05) is 26.2 Å². The van der Waals surface area contributed by atoms with Gasteiger partial charge in [0.25, 0.3) is 0 Å². The van der Waals surface area contributed by atoms with E-state index in [0.29, 0.717) is 0 Å². The predicted octanol–water partition coefficient (Wildman–Crippen LogP) is 1.87. The second kappa shape index (κ2) is 6.12. The number of nitrogens with one attached hydrogen (secondary N) is 3. The largest absolute Gasteiger partial charge is 0.431 e. The second-order valence-corrected chi connectivity index (χ2v) is 3.62. The lowest BCUT2D eigenvalue weighted by molar-refractivity contribution is -0.140. The van der Waals surface area contributed by atoms with Gasteiger partial charge in [-0.2, -0.15) is 13.2 Å². The first kappa shape index (κ1) is 13.3. The van der Waals surface area contributed by atoms with Crippen molar-refractivity contribution in [3.05, 3.63) is 23.0 Å². The van der Waals surface area contributed by atoms with Gasteiger partial charge in [-0.25, -0.2) is 0 Å². The van der Waals surface area contributed by atoms with Gasteiger partial charge >= 0.3 is 6.18 Å². The molecule has 0 atom stereocenters.